The molecule has 2 aromatic carbocycles. The van der Waals surface area contributed by atoms with Crippen molar-refractivity contribution >= 4 is 24.7 Å². The van der Waals surface area contributed by atoms with Gasteiger partial charge in [0.05, 0.1) is 7.11 Å². The lowest BCUT2D eigenvalue weighted by atomic mass is 10.1. The summed E-state index contributed by atoms with van der Waals surface area (Å²) in [5.41, 5.74) is 0. The van der Waals surface area contributed by atoms with Gasteiger partial charge in [-0.2, -0.15) is 0 Å². The molecule has 4 heteroatoms. The van der Waals surface area contributed by atoms with Crippen molar-refractivity contribution in [2.75, 3.05) is 7.11 Å². The van der Waals surface area contributed by atoms with E-state index in [4.69, 9.17) is 9.16 Å². The largest absolute Gasteiger partial charge is 0.469 e. The number of allylic oxidation sites excluding steroid dienone is 1. The summed E-state index contributed by atoms with van der Waals surface area (Å²) in [5.74, 6) is -0.0949. The Labute approximate surface area is 240 Å². The van der Waals surface area contributed by atoms with Crippen LogP contribution in [-0.2, 0) is 14.0 Å². The average Bonchev–Trinajstić information content (AvgIpc) is 2.94. The number of rotatable bonds is 19. The minimum absolute atomic E-state index is 0.00500. The van der Waals surface area contributed by atoms with E-state index in [1.165, 1.54) is 62.4 Å². The molecule has 0 fully saturated rings. The van der Waals surface area contributed by atoms with Gasteiger partial charge in [0.25, 0.3) is 8.32 Å². The van der Waals surface area contributed by atoms with Crippen LogP contribution >= 0.6 is 0 Å². The van der Waals surface area contributed by atoms with E-state index >= 15 is 0 Å². The van der Waals surface area contributed by atoms with Gasteiger partial charge in [-0.05, 0) is 47.5 Å². The molecule has 2 aromatic rings. The zero-order valence-corrected chi connectivity index (χ0v) is 26.4. The third-order valence-corrected chi connectivity index (χ3v) is 12.8. The first-order valence-electron chi connectivity index (χ1n) is 15.4. The lowest BCUT2D eigenvalue weighted by molar-refractivity contribution is -0.140. The Bertz CT molecular complexity index is 894. The Balaban J connectivity index is 2.11. The molecule has 0 aliphatic carbocycles. The minimum atomic E-state index is -2.55. The Kier molecular flexibility index (Phi) is 15.4. The molecule has 0 aliphatic rings. The van der Waals surface area contributed by atoms with E-state index in [1.54, 1.807) is 0 Å². The van der Waals surface area contributed by atoms with Crippen molar-refractivity contribution in [2.45, 2.75) is 122 Å². The Hall–Kier alpha value is -2.17. The Morgan fingerprint density at radius 2 is 1.36 bits per heavy atom. The molecule has 3 nitrogen and oxygen atoms in total. The van der Waals surface area contributed by atoms with Crippen molar-refractivity contribution in [2.24, 2.45) is 0 Å². The summed E-state index contributed by atoms with van der Waals surface area (Å²) >= 11 is 0. The lowest BCUT2D eigenvalue weighted by Crippen LogP contribution is -2.67. The second-order valence-electron chi connectivity index (χ2n) is 11.8. The summed E-state index contributed by atoms with van der Waals surface area (Å²) in [6, 6.07) is 22.1. The maximum absolute atomic E-state index is 11.2. The molecular formula is C35H54O3Si. The van der Waals surface area contributed by atoms with E-state index < -0.39 is 8.32 Å². The first-order chi connectivity index (χ1) is 18.8. The SMILES string of the molecule is CCCCCC[C@H](C/C=C\CCCCCCCC(=O)OC)O[Si](c1ccccc1)(c1ccccc1)C(C)(C)C. The van der Waals surface area contributed by atoms with Gasteiger partial charge in [-0.1, -0.05) is 145 Å². The van der Waals surface area contributed by atoms with Crippen molar-refractivity contribution in [3.8, 4) is 0 Å². The molecule has 0 bridgehead atoms. The maximum Gasteiger partial charge on any atom is 0.305 e. The fraction of sp³-hybridized carbons (Fsp3) is 0.571. The van der Waals surface area contributed by atoms with E-state index in [0.717, 1.165) is 32.1 Å². The van der Waals surface area contributed by atoms with Gasteiger partial charge >= 0.3 is 5.97 Å². The van der Waals surface area contributed by atoms with Gasteiger partial charge in [0.15, 0.2) is 0 Å². The van der Waals surface area contributed by atoms with Crippen LogP contribution in [0.5, 0.6) is 0 Å². The summed E-state index contributed by atoms with van der Waals surface area (Å²) in [6.07, 6.45) is 19.3. The van der Waals surface area contributed by atoms with Crippen molar-refractivity contribution in [3.05, 3.63) is 72.8 Å². The zero-order valence-electron chi connectivity index (χ0n) is 25.4. The first-order valence-corrected chi connectivity index (χ1v) is 17.3. The fourth-order valence-electron chi connectivity index (χ4n) is 5.49. The topological polar surface area (TPSA) is 35.5 Å². The molecule has 0 heterocycles. The van der Waals surface area contributed by atoms with Crippen LogP contribution in [0.2, 0.25) is 5.04 Å². The summed E-state index contributed by atoms with van der Waals surface area (Å²) in [5, 5.41) is 2.71. The van der Waals surface area contributed by atoms with Gasteiger partial charge in [-0.3, -0.25) is 4.79 Å². The van der Waals surface area contributed by atoms with Crippen LogP contribution in [0.15, 0.2) is 72.8 Å². The number of esters is 1. The van der Waals surface area contributed by atoms with Crippen molar-refractivity contribution < 1.29 is 14.0 Å². The van der Waals surface area contributed by atoms with Gasteiger partial charge in [-0.15, -0.1) is 0 Å². The molecule has 2 rings (SSSR count). The number of hydrogen-bond acceptors (Lipinski definition) is 3. The number of benzene rings is 2. The van der Waals surface area contributed by atoms with E-state index in [-0.39, 0.29) is 17.1 Å². The number of unbranched alkanes of at least 4 members (excludes halogenated alkanes) is 8. The predicted molar refractivity (Wildman–Crippen MR) is 169 cm³/mol. The summed E-state index contributed by atoms with van der Waals surface area (Å²) in [4.78, 5) is 11.2. The van der Waals surface area contributed by atoms with Crippen LogP contribution in [0.3, 0.4) is 0 Å². The molecule has 0 N–H and O–H groups in total. The predicted octanol–water partition coefficient (Wildman–Crippen LogP) is 8.75. The number of carbonyl (C=O) groups excluding carboxylic acids is 1. The van der Waals surface area contributed by atoms with Crippen LogP contribution in [0, 0.1) is 0 Å². The van der Waals surface area contributed by atoms with Crippen molar-refractivity contribution in [3.63, 3.8) is 0 Å². The highest BCUT2D eigenvalue weighted by atomic mass is 28.4. The van der Waals surface area contributed by atoms with E-state index in [0.29, 0.717) is 6.42 Å². The van der Waals surface area contributed by atoms with E-state index in [2.05, 4.69) is 101 Å². The van der Waals surface area contributed by atoms with Crippen LogP contribution in [0.1, 0.15) is 111 Å². The molecule has 0 spiro atoms. The van der Waals surface area contributed by atoms with Crippen LogP contribution in [-0.4, -0.2) is 27.5 Å². The highest BCUT2D eigenvalue weighted by Crippen LogP contribution is 2.38. The minimum Gasteiger partial charge on any atom is -0.469 e. The molecule has 0 unspecified atom stereocenters. The molecule has 0 aromatic heterocycles. The molecule has 216 valence electrons. The highest BCUT2D eigenvalue weighted by Gasteiger charge is 2.51. The number of hydrogen-bond donors (Lipinski definition) is 0. The maximum atomic E-state index is 11.2. The van der Waals surface area contributed by atoms with E-state index in [9.17, 15) is 4.79 Å². The molecule has 0 saturated heterocycles. The first kappa shape index (κ1) is 33.0. The second kappa shape index (κ2) is 18.2. The molecular weight excluding hydrogens is 496 g/mol. The number of ether oxygens (including phenoxy) is 1. The molecule has 0 amide bonds. The van der Waals surface area contributed by atoms with Gasteiger partial charge in [-0.25, -0.2) is 0 Å². The monoisotopic (exact) mass is 550 g/mol. The van der Waals surface area contributed by atoms with Crippen LogP contribution in [0.4, 0.5) is 0 Å². The molecule has 0 saturated carbocycles. The van der Waals surface area contributed by atoms with E-state index in [1.807, 2.05) is 0 Å². The zero-order chi connectivity index (χ0) is 28.4. The van der Waals surface area contributed by atoms with Gasteiger partial charge in [0, 0.05) is 12.5 Å². The summed E-state index contributed by atoms with van der Waals surface area (Å²) in [6.45, 7) is 9.38. The lowest BCUT2D eigenvalue weighted by Gasteiger charge is -2.45. The number of carbonyl (C=O) groups is 1. The highest BCUT2D eigenvalue weighted by molar-refractivity contribution is 6.99. The third-order valence-electron chi connectivity index (χ3n) is 7.68. The van der Waals surface area contributed by atoms with Gasteiger partial charge < -0.3 is 9.16 Å². The summed E-state index contributed by atoms with van der Waals surface area (Å²) in [7, 11) is -1.09. The average molecular weight is 551 g/mol. The number of methoxy groups -OCH3 is 1. The molecule has 0 radical (unpaired) electrons. The van der Waals surface area contributed by atoms with Crippen LogP contribution in [0.25, 0.3) is 0 Å². The normalized spacial score (nSPS) is 13.1. The van der Waals surface area contributed by atoms with Gasteiger partial charge in [0.2, 0.25) is 0 Å². The molecule has 1 atom stereocenters. The molecule has 0 aliphatic heterocycles. The summed E-state index contributed by atoms with van der Waals surface area (Å²) < 4.78 is 12.2. The third kappa shape index (κ3) is 11.1. The van der Waals surface area contributed by atoms with Crippen molar-refractivity contribution in [1.29, 1.82) is 0 Å². The van der Waals surface area contributed by atoms with Crippen LogP contribution < -0.4 is 10.4 Å². The fourth-order valence-corrected chi connectivity index (χ4v) is 10.2. The Morgan fingerprint density at radius 3 is 1.92 bits per heavy atom. The van der Waals surface area contributed by atoms with Gasteiger partial charge in [0.1, 0.15) is 0 Å². The quantitative estimate of drug-likeness (QED) is 0.0759. The van der Waals surface area contributed by atoms with Crippen molar-refractivity contribution in [1.82, 2.24) is 0 Å². The Morgan fingerprint density at radius 1 is 0.795 bits per heavy atom. The smallest absolute Gasteiger partial charge is 0.305 e. The standard InChI is InChI=1S/C35H54O3Si/c1-6-7-8-17-24-31(25-18-13-11-9-10-12-14-23-30-34(36)37-5)38-39(35(2,3)4,32-26-19-15-20-27-32)33-28-21-16-22-29-33/h13,15-16,18-22,26-29,31H,6-12,14,17,23-25,30H2,1-5H3/b18-13-/t31-/m1/s1. The second-order valence-corrected chi connectivity index (χ2v) is 16.1. The molecule has 39 heavy (non-hydrogen) atoms.